The average Bonchev–Trinajstić information content (AvgIpc) is 2.61. The molecule has 0 aromatic heterocycles. The highest BCUT2D eigenvalue weighted by Gasteiger charge is 2.24. The Kier molecular flexibility index (Phi) is 4.26. The highest BCUT2D eigenvalue weighted by molar-refractivity contribution is 5.82. The lowest BCUT2D eigenvalue weighted by atomic mass is 9.97. The summed E-state index contributed by atoms with van der Waals surface area (Å²) in [7, 11) is 0. The van der Waals surface area contributed by atoms with Gasteiger partial charge in [0.2, 0.25) is 0 Å². The first-order chi connectivity index (χ1) is 11.2. The molecule has 116 valence electrons. The summed E-state index contributed by atoms with van der Waals surface area (Å²) in [6, 6.07) is 16.3. The van der Waals surface area contributed by atoms with Crippen molar-refractivity contribution in [1.82, 2.24) is 5.32 Å². The Morgan fingerprint density at radius 2 is 2.09 bits per heavy atom. The topological polar surface area (TPSA) is 85.2 Å². The Morgan fingerprint density at radius 1 is 1.30 bits per heavy atom. The van der Waals surface area contributed by atoms with E-state index >= 15 is 0 Å². The third-order valence-corrected chi connectivity index (χ3v) is 3.95. The van der Waals surface area contributed by atoms with Gasteiger partial charge in [-0.1, -0.05) is 30.3 Å². The third-order valence-electron chi connectivity index (χ3n) is 3.95. The van der Waals surface area contributed by atoms with Gasteiger partial charge in [-0.25, -0.2) is 0 Å². The molecule has 3 N–H and O–H groups in total. The van der Waals surface area contributed by atoms with E-state index in [1.807, 2.05) is 18.2 Å². The van der Waals surface area contributed by atoms with Crippen molar-refractivity contribution in [3.63, 3.8) is 0 Å². The van der Waals surface area contributed by atoms with E-state index in [0.717, 1.165) is 11.3 Å². The van der Waals surface area contributed by atoms with Gasteiger partial charge in [0.1, 0.15) is 0 Å². The Bertz CT molecular complexity index is 753. The number of aliphatic hydroxyl groups excluding tert-OH is 1. The van der Waals surface area contributed by atoms with Gasteiger partial charge in [-0.15, -0.1) is 0 Å². The number of amides is 1. The number of hydrogen-bond acceptors (Lipinski definition) is 4. The number of rotatable bonds is 3. The van der Waals surface area contributed by atoms with Crippen LogP contribution in [0.2, 0.25) is 0 Å². The molecule has 0 spiro atoms. The van der Waals surface area contributed by atoms with Crippen LogP contribution in [-0.4, -0.2) is 23.6 Å². The molecule has 1 amide bonds. The molecule has 2 aromatic rings. The molecular formula is C18H17N3O2. The minimum Gasteiger partial charge on any atom is -0.383 e. The number of nitriles is 1. The van der Waals surface area contributed by atoms with Crippen molar-refractivity contribution in [2.45, 2.75) is 18.6 Å². The van der Waals surface area contributed by atoms with Gasteiger partial charge in [0.15, 0.2) is 6.10 Å². The smallest absolute Gasteiger partial charge is 0.253 e. The van der Waals surface area contributed by atoms with E-state index in [4.69, 9.17) is 5.26 Å². The first-order valence-electron chi connectivity index (χ1n) is 7.47. The average molecular weight is 307 g/mol. The first kappa shape index (κ1) is 15.1. The molecule has 0 aliphatic carbocycles. The zero-order valence-corrected chi connectivity index (χ0v) is 12.5. The summed E-state index contributed by atoms with van der Waals surface area (Å²) in [6.07, 6.45) is -0.548. The number of anilines is 1. The molecule has 2 atom stereocenters. The Hall–Kier alpha value is -2.84. The summed E-state index contributed by atoms with van der Waals surface area (Å²) in [5.74, 6) is -0.414. The molecule has 0 radical (unpaired) electrons. The minimum atomic E-state index is -1.18. The SMILES string of the molecule is N#Cc1ccc2c(c1)CC(NC(=O)[C@@H](O)c1ccccc1)CN2. The van der Waals surface area contributed by atoms with E-state index < -0.39 is 12.0 Å². The molecule has 0 bridgehead atoms. The van der Waals surface area contributed by atoms with Crippen LogP contribution in [0.5, 0.6) is 0 Å². The van der Waals surface area contributed by atoms with Crippen LogP contribution in [0.25, 0.3) is 0 Å². The summed E-state index contributed by atoms with van der Waals surface area (Å²) in [6.45, 7) is 0.589. The lowest BCUT2D eigenvalue weighted by Crippen LogP contribution is -2.45. The number of nitrogens with one attached hydrogen (secondary N) is 2. The first-order valence-corrected chi connectivity index (χ1v) is 7.47. The molecule has 5 heteroatoms. The van der Waals surface area contributed by atoms with Crippen molar-refractivity contribution in [3.05, 3.63) is 65.2 Å². The standard InChI is InChI=1S/C18H17N3O2/c19-10-12-6-7-16-14(8-12)9-15(11-20-16)21-18(23)17(22)13-4-2-1-3-5-13/h1-8,15,17,20,22H,9,11H2,(H,21,23)/t15?,17-/m0/s1. The molecule has 0 saturated heterocycles. The second kappa shape index (κ2) is 6.51. The van der Waals surface area contributed by atoms with Crippen LogP contribution in [0.15, 0.2) is 48.5 Å². The quantitative estimate of drug-likeness (QED) is 0.806. The van der Waals surface area contributed by atoms with E-state index in [2.05, 4.69) is 16.7 Å². The maximum atomic E-state index is 12.2. The molecule has 0 saturated carbocycles. The molecule has 1 aliphatic rings. The summed E-state index contributed by atoms with van der Waals surface area (Å²) in [5, 5.41) is 25.2. The highest BCUT2D eigenvalue weighted by atomic mass is 16.3. The monoisotopic (exact) mass is 307 g/mol. The largest absolute Gasteiger partial charge is 0.383 e. The predicted molar refractivity (Wildman–Crippen MR) is 86.7 cm³/mol. The molecule has 1 heterocycles. The van der Waals surface area contributed by atoms with E-state index in [-0.39, 0.29) is 6.04 Å². The Labute approximate surface area is 134 Å². The van der Waals surface area contributed by atoms with Crippen LogP contribution in [0.3, 0.4) is 0 Å². The number of aliphatic hydroxyl groups is 1. The van der Waals surface area contributed by atoms with E-state index in [9.17, 15) is 9.90 Å². The fourth-order valence-corrected chi connectivity index (χ4v) is 2.74. The van der Waals surface area contributed by atoms with Crippen molar-refractivity contribution in [1.29, 1.82) is 5.26 Å². The number of fused-ring (bicyclic) bond motifs is 1. The van der Waals surface area contributed by atoms with Crippen LogP contribution in [0, 0.1) is 11.3 Å². The van der Waals surface area contributed by atoms with E-state index in [1.165, 1.54) is 0 Å². The van der Waals surface area contributed by atoms with Crippen molar-refractivity contribution < 1.29 is 9.90 Å². The molecular weight excluding hydrogens is 290 g/mol. The molecule has 2 aromatic carbocycles. The fraction of sp³-hybridized carbons (Fsp3) is 0.222. The number of carbonyl (C=O) groups is 1. The summed E-state index contributed by atoms with van der Waals surface area (Å²) in [5.41, 5.74) is 3.15. The van der Waals surface area contributed by atoms with E-state index in [1.54, 1.807) is 30.3 Å². The van der Waals surface area contributed by atoms with Gasteiger partial charge in [0.05, 0.1) is 17.7 Å². The van der Waals surface area contributed by atoms with Crippen LogP contribution < -0.4 is 10.6 Å². The zero-order valence-electron chi connectivity index (χ0n) is 12.5. The molecule has 0 fully saturated rings. The third kappa shape index (κ3) is 3.33. The van der Waals surface area contributed by atoms with Gasteiger partial charge in [-0.05, 0) is 35.7 Å². The summed E-state index contributed by atoms with van der Waals surface area (Å²) < 4.78 is 0. The van der Waals surface area contributed by atoms with Crippen molar-refractivity contribution in [2.75, 3.05) is 11.9 Å². The minimum absolute atomic E-state index is 0.123. The number of benzene rings is 2. The zero-order chi connectivity index (χ0) is 16.2. The lowest BCUT2D eigenvalue weighted by molar-refractivity contribution is -0.130. The maximum Gasteiger partial charge on any atom is 0.253 e. The lowest BCUT2D eigenvalue weighted by Gasteiger charge is -2.28. The summed E-state index contributed by atoms with van der Waals surface area (Å²) in [4.78, 5) is 12.2. The van der Waals surface area contributed by atoms with E-state index in [0.29, 0.717) is 24.1 Å². The van der Waals surface area contributed by atoms with Crippen molar-refractivity contribution in [3.8, 4) is 6.07 Å². The van der Waals surface area contributed by atoms with Crippen LogP contribution >= 0.6 is 0 Å². The normalized spacial score (nSPS) is 17.3. The highest BCUT2D eigenvalue weighted by Crippen LogP contribution is 2.23. The van der Waals surface area contributed by atoms with Crippen molar-refractivity contribution in [2.24, 2.45) is 0 Å². The van der Waals surface area contributed by atoms with Crippen LogP contribution in [0.4, 0.5) is 5.69 Å². The van der Waals surface area contributed by atoms with Crippen molar-refractivity contribution >= 4 is 11.6 Å². The molecule has 1 aliphatic heterocycles. The summed E-state index contributed by atoms with van der Waals surface area (Å²) >= 11 is 0. The number of nitrogens with zero attached hydrogens (tertiary/aromatic N) is 1. The second-order valence-electron chi connectivity index (χ2n) is 5.59. The molecule has 1 unspecified atom stereocenters. The number of hydrogen-bond donors (Lipinski definition) is 3. The van der Waals surface area contributed by atoms with Crippen LogP contribution in [0.1, 0.15) is 22.8 Å². The fourth-order valence-electron chi connectivity index (χ4n) is 2.74. The maximum absolute atomic E-state index is 12.2. The molecule has 5 nitrogen and oxygen atoms in total. The van der Waals surface area contributed by atoms with Gasteiger partial charge in [-0.2, -0.15) is 5.26 Å². The predicted octanol–water partition coefficient (Wildman–Crippen LogP) is 1.74. The van der Waals surface area contributed by atoms with Gasteiger partial charge in [0.25, 0.3) is 5.91 Å². The number of carbonyl (C=O) groups excluding carboxylic acids is 1. The van der Waals surface area contributed by atoms with Gasteiger partial charge < -0.3 is 15.7 Å². The molecule has 3 rings (SSSR count). The second-order valence-corrected chi connectivity index (χ2v) is 5.59. The Morgan fingerprint density at radius 3 is 2.83 bits per heavy atom. The van der Waals surface area contributed by atoms with Crippen LogP contribution in [-0.2, 0) is 11.2 Å². The van der Waals surface area contributed by atoms with Gasteiger partial charge in [-0.3, -0.25) is 4.79 Å². The molecule has 23 heavy (non-hydrogen) atoms. The van der Waals surface area contributed by atoms with Gasteiger partial charge >= 0.3 is 0 Å². The van der Waals surface area contributed by atoms with Gasteiger partial charge in [0, 0.05) is 12.2 Å². The Balaban J connectivity index is 1.67.